The van der Waals surface area contributed by atoms with Crippen LogP contribution in [-0.4, -0.2) is 42.7 Å². The molecule has 0 spiro atoms. The molecule has 1 heterocycles. The molecule has 1 unspecified atom stereocenters. The van der Waals surface area contributed by atoms with E-state index in [-0.39, 0.29) is 24.5 Å². The Morgan fingerprint density at radius 3 is 2.56 bits per heavy atom. The number of halogens is 1. The summed E-state index contributed by atoms with van der Waals surface area (Å²) in [5, 5.41) is 27.3. The largest absolute Gasteiger partial charge is 0.388 e. The highest BCUT2D eigenvalue weighted by Gasteiger charge is 2.25. The van der Waals surface area contributed by atoms with E-state index >= 15 is 0 Å². The first-order chi connectivity index (χ1) is 16.5. The van der Waals surface area contributed by atoms with Crippen LogP contribution in [0.1, 0.15) is 60.8 Å². The first-order valence-corrected chi connectivity index (χ1v) is 12.3. The number of nitrogens with one attached hydrogen (secondary N) is 2. The number of H-pyrrole nitrogens is 1. The lowest BCUT2D eigenvalue weighted by Gasteiger charge is -2.34. The van der Waals surface area contributed by atoms with E-state index < -0.39 is 6.10 Å². The summed E-state index contributed by atoms with van der Waals surface area (Å²) in [6.07, 6.45) is 6.66. The summed E-state index contributed by atoms with van der Waals surface area (Å²) >= 11 is 3.46. The topological polar surface area (TPSA) is 107 Å². The number of hydrogen-bond acceptors (Lipinski definition) is 5. The molecule has 8 nitrogen and oxygen atoms in total. The molecule has 0 radical (unpaired) electrons. The summed E-state index contributed by atoms with van der Waals surface area (Å²) in [6.45, 7) is 2.50. The number of urea groups is 1. The molecular weight excluding hydrogens is 496 g/mol. The zero-order chi connectivity index (χ0) is 23.9. The van der Waals surface area contributed by atoms with E-state index in [4.69, 9.17) is 0 Å². The number of tetrazole rings is 1. The first kappa shape index (κ1) is 24.1. The van der Waals surface area contributed by atoms with E-state index in [1.807, 2.05) is 60.4 Å². The van der Waals surface area contributed by atoms with Gasteiger partial charge in [0.25, 0.3) is 0 Å². The molecule has 2 amide bonds. The van der Waals surface area contributed by atoms with Crippen LogP contribution in [0.2, 0.25) is 0 Å². The number of benzene rings is 2. The zero-order valence-corrected chi connectivity index (χ0v) is 20.6. The van der Waals surface area contributed by atoms with Gasteiger partial charge in [-0.05, 0) is 55.0 Å². The van der Waals surface area contributed by atoms with Crippen LogP contribution in [0.3, 0.4) is 0 Å². The summed E-state index contributed by atoms with van der Waals surface area (Å²) in [6, 6.07) is 15.7. The van der Waals surface area contributed by atoms with Crippen molar-refractivity contribution in [1.82, 2.24) is 30.8 Å². The molecule has 3 N–H and O–H groups in total. The number of rotatable bonds is 8. The molecule has 9 heteroatoms. The van der Waals surface area contributed by atoms with Crippen LogP contribution in [0.15, 0.2) is 65.2 Å². The predicted octanol–water partition coefficient (Wildman–Crippen LogP) is 4.62. The highest BCUT2D eigenvalue weighted by molar-refractivity contribution is 9.10. The van der Waals surface area contributed by atoms with E-state index in [0.29, 0.717) is 12.4 Å². The van der Waals surface area contributed by atoms with Crippen LogP contribution in [0.5, 0.6) is 0 Å². The van der Waals surface area contributed by atoms with E-state index in [1.54, 1.807) is 0 Å². The van der Waals surface area contributed by atoms with Crippen molar-refractivity contribution < 1.29 is 9.90 Å². The van der Waals surface area contributed by atoms with Crippen LogP contribution in [0.25, 0.3) is 0 Å². The van der Waals surface area contributed by atoms with Crippen molar-refractivity contribution in [3.8, 4) is 0 Å². The number of carbonyl (C=O) groups is 1. The first-order valence-electron chi connectivity index (χ1n) is 11.5. The number of aliphatic hydroxyl groups is 1. The molecule has 1 aliphatic carbocycles. The Hall–Kier alpha value is -3.04. The Balaban J connectivity index is 1.44. The third-order valence-electron chi connectivity index (χ3n) is 6.14. The second-order valence-corrected chi connectivity index (χ2v) is 9.49. The van der Waals surface area contributed by atoms with Crippen LogP contribution in [0.4, 0.5) is 4.79 Å². The fourth-order valence-corrected chi connectivity index (χ4v) is 4.40. The minimum absolute atomic E-state index is 0.0723. The smallest absolute Gasteiger partial charge is 0.318 e. The van der Waals surface area contributed by atoms with Gasteiger partial charge in [0.2, 0.25) is 0 Å². The Morgan fingerprint density at radius 2 is 1.91 bits per heavy atom. The van der Waals surface area contributed by atoms with Gasteiger partial charge in [-0.1, -0.05) is 69.7 Å². The van der Waals surface area contributed by atoms with Crippen molar-refractivity contribution in [2.45, 2.75) is 57.3 Å². The van der Waals surface area contributed by atoms with Crippen LogP contribution >= 0.6 is 15.9 Å². The van der Waals surface area contributed by atoms with Gasteiger partial charge in [0, 0.05) is 23.5 Å². The summed E-state index contributed by atoms with van der Waals surface area (Å²) in [5.41, 5.74) is 2.84. The molecule has 1 aliphatic rings. The summed E-state index contributed by atoms with van der Waals surface area (Å²) < 4.78 is 1.01. The minimum atomic E-state index is -0.721. The highest BCUT2D eigenvalue weighted by Crippen LogP contribution is 2.23. The van der Waals surface area contributed by atoms with Gasteiger partial charge in [0.05, 0.1) is 12.1 Å². The molecule has 1 aromatic heterocycles. The van der Waals surface area contributed by atoms with Crippen molar-refractivity contribution in [2.24, 2.45) is 0 Å². The van der Waals surface area contributed by atoms with E-state index in [1.165, 1.54) is 0 Å². The minimum Gasteiger partial charge on any atom is -0.388 e. The molecule has 178 valence electrons. The Kier molecular flexibility index (Phi) is 8.08. The molecule has 0 fully saturated rings. The number of amides is 2. The van der Waals surface area contributed by atoms with Gasteiger partial charge in [-0.3, -0.25) is 0 Å². The monoisotopic (exact) mass is 524 g/mol. The van der Waals surface area contributed by atoms with Gasteiger partial charge in [0.15, 0.2) is 5.82 Å². The molecule has 2 aromatic carbocycles. The number of carbonyl (C=O) groups excluding carboxylic acids is 1. The van der Waals surface area contributed by atoms with Gasteiger partial charge in [-0.25, -0.2) is 4.79 Å². The molecule has 0 saturated heterocycles. The van der Waals surface area contributed by atoms with Gasteiger partial charge in [-0.15, -0.1) is 10.2 Å². The maximum absolute atomic E-state index is 13.4. The van der Waals surface area contributed by atoms with Gasteiger partial charge >= 0.3 is 6.03 Å². The number of hydrogen-bond donors (Lipinski definition) is 3. The van der Waals surface area contributed by atoms with Gasteiger partial charge < -0.3 is 15.3 Å². The standard InChI is InChI=1S/C25H29BrN6O2/c1-17(19-11-13-21(26)14-12-19)27-25(34)32(22-5-3-2-4-6-22)16-18-7-9-20(10-8-18)23(33)15-24-28-30-31-29-24/h2-3,7-14,17,22-23,33H,4-6,15-16H2,1H3,(H,27,34)(H,28,29,30,31)/t17-,22?,23-/m0/s1. The molecular formula is C25H29BrN6O2. The number of aromatic amines is 1. The van der Waals surface area contributed by atoms with E-state index in [2.05, 4.69) is 54.0 Å². The van der Waals surface area contributed by atoms with Crippen molar-refractivity contribution in [2.75, 3.05) is 0 Å². The summed E-state index contributed by atoms with van der Waals surface area (Å²) in [5.74, 6) is 0.463. The van der Waals surface area contributed by atoms with E-state index in [0.717, 1.165) is 40.4 Å². The molecule has 3 atom stereocenters. The zero-order valence-electron chi connectivity index (χ0n) is 19.1. The van der Waals surface area contributed by atoms with Gasteiger partial charge in [-0.2, -0.15) is 5.21 Å². The number of aromatic nitrogens is 4. The maximum atomic E-state index is 13.4. The lowest BCUT2D eigenvalue weighted by Crippen LogP contribution is -2.46. The molecule has 0 bridgehead atoms. The summed E-state index contributed by atoms with van der Waals surface area (Å²) in [4.78, 5) is 15.3. The molecule has 0 saturated carbocycles. The maximum Gasteiger partial charge on any atom is 0.318 e. The summed E-state index contributed by atoms with van der Waals surface area (Å²) in [7, 11) is 0. The Morgan fingerprint density at radius 1 is 1.18 bits per heavy atom. The lowest BCUT2D eigenvalue weighted by atomic mass is 9.99. The second kappa shape index (κ2) is 11.4. The molecule has 4 rings (SSSR count). The van der Waals surface area contributed by atoms with E-state index in [9.17, 15) is 9.90 Å². The third-order valence-corrected chi connectivity index (χ3v) is 6.66. The average Bonchev–Trinajstić information content (AvgIpc) is 3.36. The van der Waals surface area contributed by atoms with Gasteiger partial charge in [0.1, 0.15) is 0 Å². The SMILES string of the molecule is C[C@H](NC(=O)N(Cc1ccc([C@@H](O)Cc2nn[nH]n2)cc1)C1CC=CCC1)c1ccc(Br)cc1. The van der Waals surface area contributed by atoms with Crippen LogP contribution < -0.4 is 5.32 Å². The third kappa shape index (κ3) is 6.30. The molecule has 3 aromatic rings. The Labute approximate surface area is 207 Å². The van der Waals surface area contributed by atoms with Crippen LogP contribution in [-0.2, 0) is 13.0 Å². The van der Waals surface area contributed by atoms with Crippen molar-refractivity contribution in [3.63, 3.8) is 0 Å². The van der Waals surface area contributed by atoms with Crippen molar-refractivity contribution in [3.05, 3.63) is 87.7 Å². The normalized spacial score (nSPS) is 17.2. The predicted molar refractivity (Wildman–Crippen MR) is 133 cm³/mol. The average molecular weight is 525 g/mol. The Bertz CT molecular complexity index is 1090. The number of aliphatic hydroxyl groups excluding tert-OH is 1. The molecule has 34 heavy (non-hydrogen) atoms. The van der Waals surface area contributed by atoms with Crippen molar-refractivity contribution in [1.29, 1.82) is 0 Å². The number of nitrogens with zero attached hydrogens (tertiary/aromatic N) is 4. The lowest BCUT2D eigenvalue weighted by molar-refractivity contribution is 0.162. The highest BCUT2D eigenvalue weighted by atomic mass is 79.9. The van der Waals surface area contributed by atoms with Crippen molar-refractivity contribution >= 4 is 22.0 Å². The van der Waals surface area contributed by atoms with Crippen LogP contribution in [0, 0.1) is 0 Å². The fourth-order valence-electron chi connectivity index (χ4n) is 4.13. The quantitative estimate of drug-likeness (QED) is 0.372. The molecule has 0 aliphatic heterocycles. The second-order valence-electron chi connectivity index (χ2n) is 8.58. The fraction of sp³-hybridized carbons (Fsp3) is 0.360. The number of allylic oxidation sites excluding steroid dienone is 1.